The summed E-state index contributed by atoms with van der Waals surface area (Å²) in [6.45, 7) is 1.94. The van der Waals surface area contributed by atoms with Crippen LogP contribution in [-0.4, -0.2) is 30.1 Å². The van der Waals surface area contributed by atoms with Gasteiger partial charge in [-0.3, -0.25) is 4.79 Å². The van der Waals surface area contributed by atoms with Gasteiger partial charge in [-0.15, -0.1) is 0 Å². The molecule has 0 aromatic rings. The monoisotopic (exact) mass is 235 g/mol. The van der Waals surface area contributed by atoms with Crippen molar-refractivity contribution >= 4 is 5.91 Å². The van der Waals surface area contributed by atoms with Crippen LogP contribution in [0.25, 0.3) is 0 Å². The van der Waals surface area contributed by atoms with E-state index in [2.05, 4.69) is 5.32 Å². The molecule has 1 rings (SSSR count). The molecule has 5 heteroatoms. The predicted octanol–water partition coefficient (Wildman–Crippen LogP) is 1.56. The second kappa shape index (κ2) is 4.65. The number of carbonyl (C=O) groups is 1. The third kappa shape index (κ3) is 3.14. The number of carbonyl (C=O) groups excluding carboxylic acids is 1. The number of nitrogens with one attached hydrogen (secondary N) is 1. The Bertz CT molecular complexity index is 267. The summed E-state index contributed by atoms with van der Waals surface area (Å²) in [5, 5.41) is 10.6. The normalized spacial score (nSPS) is 24.4. The smallest absolute Gasteiger partial charge is 0.287 e. The Morgan fingerprint density at radius 3 is 2.62 bits per heavy atom. The summed E-state index contributed by atoms with van der Waals surface area (Å²) in [6.07, 6.45) is 2.66. The van der Waals surface area contributed by atoms with Gasteiger partial charge in [0, 0.05) is 5.92 Å². The van der Waals surface area contributed by atoms with Crippen LogP contribution in [0.15, 0.2) is 0 Å². The van der Waals surface area contributed by atoms with Crippen molar-refractivity contribution in [1.29, 1.82) is 0 Å². The average molecular weight is 235 g/mol. The minimum Gasteiger partial charge on any atom is -0.390 e. The number of hydrogen-bond acceptors (Lipinski definition) is 2. The second-order valence-corrected chi connectivity index (χ2v) is 5.17. The van der Waals surface area contributed by atoms with E-state index in [1.54, 1.807) is 0 Å². The zero-order chi connectivity index (χ0) is 12.4. The number of hydrogen-bond donors (Lipinski definition) is 2. The third-order valence-corrected chi connectivity index (χ3v) is 3.33. The van der Waals surface area contributed by atoms with Crippen molar-refractivity contribution in [1.82, 2.24) is 5.32 Å². The molecule has 0 aromatic heterocycles. The van der Waals surface area contributed by atoms with Gasteiger partial charge < -0.3 is 10.4 Å². The Kier molecular flexibility index (Phi) is 3.88. The highest BCUT2D eigenvalue weighted by atomic mass is 19.3. The van der Waals surface area contributed by atoms with Crippen molar-refractivity contribution in [2.45, 2.75) is 39.0 Å². The molecule has 0 radical (unpaired) electrons. The van der Waals surface area contributed by atoms with Crippen molar-refractivity contribution in [3.05, 3.63) is 0 Å². The Morgan fingerprint density at radius 1 is 1.56 bits per heavy atom. The molecular weight excluding hydrogens is 216 g/mol. The Labute approximate surface area is 94.2 Å². The first-order chi connectivity index (χ1) is 7.28. The summed E-state index contributed by atoms with van der Waals surface area (Å²) in [6, 6.07) is 0. The maximum Gasteiger partial charge on any atom is 0.287 e. The lowest BCUT2D eigenvalue weighted by Crippen LogP contribution is -2.43. The summed E-state index contributed by atoms with van der Waals surface area (Å²) < 4.78 is 25.5. The number of aliphatic hydroxyl groups excluding tert-OH is 1. The van der Waals surface area contributed by atoms with Crippen LogP contribution in [0.2, 0.25) is 0 Å². The highest BCUT2D eigenvalue weighted by Crippen LogP contribution is 2.42. The minimum absolute atomic E-state index is 0.113. The largest absolute Gasteiger partial charge is 0.390 e. The molecule has 1 amide bonds. The number of amides is 1. The van der Waals surface area contributed by atoms with Crippen LogP contribution in [0.3, 0.4) is 0 Å². The molecule has 1 fully saturated rings. The van der Waals surface area contributed by atoms with Gasteiger partial charge in [0.05, 0.1) is 6.54 Å². The number of aliphatic hydroxyl groups is 1. The molecule has 1 unspecified atom stereocenters. The first-order valence-electron chi connectivity index (χ1n) is 5.55. The number of halogens is 2. The van der Waals surface area contributed by atoms with Crippen LogP contribution in [0.5, 0.6) is 0 Å². The average Bonchev–Trinajstić information content (AvgIpc) is 2.55. The van der Waals surface area contributed by atoms with Gasteiger partial charge in [0.25, 0.3) is 5.92 Å². The summed E-state index contributed by atoms with van der Waals surface area (Å²) in [7, 11) is 0. The lowest BCUT2D eigenvalue weighted by atomic mass is 9.81. The zero-order valence-corrected chi connectivity index (χ0v) is 9.72. The SMILES string of the molecule is CC1(C)CCCC1C(=O)NCC(F)(F)CO. The molecule has 1 atom stereocenters. The van der Waals surface area contributed by atoms with E-state index >= 15 is 0 Å². The van der Waals surface area contributed by atoms with E-state index in [9.17, 15) is 13.6 Å². The molecule has 94 valence electrons. The maximum atomic E-state index is 12.7. The van der Waals surface area contributed by atoms with Crippen LogP contribution < -0.4 is 5.32 Å². The standard InChI is InChI=1S/C11H19F2NO2/c1-10(2)5-3-4-8(10)9(16)14-6-11(12,13)7-15/h8,15H,3-7H2,1-2H3,(H,14,16). The molecule has 0 bridgehead atoms. The van der Waals surface area contributed by atoms with Gasteiger partial charge in [0.2, 0.25) is 5.91 Å². The third-order valence-electron chi connectivity index (χ3n) is 3.33. The summed E-state index contributed by atoms with van der Waals surface area (Å²) >= 11 is 0. The van der Waals surface area contributed by atoms with Crippen molar-refractivity contribution < 1.29 is 18.7 Å². The van der Waals surface area contributed by atoms with E-state index < -0.39 is 19.1 Å². The van der Waals surface area contributed by atoms with Gasteiger partial charge >= 0.3 is 0 Å². The molecule has 0 heterocycles. The molecule has 1 saturated carbocycles. The number of alkyl halides is 2. The Morgan fingerprint density at radius 2 is 2.19 bits per heavy atom. The van der Waals surface area contributed by atoms with Gasteiger partial charge in [0.15, 0.2) is 0 Å². The maximum absolute atomic E-state index is 12.7. The minimum atomic E-state index is -3.22. The van der Waals surface area contributed by atoms with E-state index in [1.807, 2.05) is 13.8 Å². The highest BCUT2D eigenvalue weighted by Gasteiger charge is 2.40. The molecule has 0 aliphatic heterocycles. The van der Waals surface area contributed by atoms with Gasteiger partial charge in [-0.2, -0.15) is 0 Å². The van der Waals surface area contributed by atoms with Gasteiger partial charge in [-0.25, -0.2) is 8.78 Å². The van der Waals surface area contributed by atoms with Crippen LogP contribution in [0, 0.1) is 11.3 Å². The fourth-order valence-electron chi connectivity index (χ4n) is 2.21. The molecule has 2 N–H and O–H groups in total. The molecular formula is C11H19F2NO2. The molecule has 3 nitrogen and oxygen atoms in total. The Hall–Kier alpha value is -0.710. The molecule has 0 aromatic carbocycles. The van der Waals surface area contributed by atoms with E-state index in [0.717, 1.165) is 19.3 Å². The van der Waals surface area contributed by atoms with Crippen LogP contribution in [0.1, 0.15) is 33.1 Å². The summed E-state index contributed by atoms with van der Waals surface area (Å²) in [4.78, 5) is 11.7. The van der Waals surface area contributed by atoms with Gasteiger partial charge in [-0.1, -0.05) is 20.3 Å². The van der Waals surface area contributed by atoms with Crippen LogP contribution >= 0.6 is 0 Å². The topological polar surface area (TPSA) is 49.3 Å². The van der Waals surface area contributed by atoms with Gasteiger partial charge in [-0.05, 0) is 18.3 Å². The fraction of sp³-hybridized carbons (Fsp3) is 0.909. The molecule has 0 saturated heterocycles. The predicted molar refractivity (Wildman–Crippen MR) is 56.2 cm³/mol. The first kappa shape index (κ1) is 13.4. The lowest BCUT2D eigenvalue weighted by molar-refractivity contribution is -0.130. The highest BCUT2D eigenvalue weighted by molar-refractivity contribution is 5.79. The summed E-state index contributed by atoms with van der Waals surface area (Å²) in [5.74, 6) is -3.74. The molecule has 16 heavy (non-hydrogen) atoms. The quantitative estimate of drug-likeness (QED) is 0.776. The first-order valence-corrected chi connectivity index (χ1v) is 5.55. The van der Waals surface area contributed by atoms with E-state index in [0.29, 0.717) is 0 Å². The van der Waals surface area contributed by atoms with Crippen LogP contribution in [0.4, 0.5) is 8.78 Å². The summed E-state index contributed by atoms with van der Waals surface area (Å²) in [5.41, 5.74) is -0.113. The fourth-order valence-corrected chi connectivity index (χ4v) is 2.21. The molecule has 1 aliphatic carbocycles. The van der Waals surface area contributed by atoms with Crippen molar-refractivity contribution in [2.24, 2.45) is 11.3 Å². The van der Waals surface area contributed by atoms with Crippen molar-refractivity contribution in [3.8, 4) is 0 Å². The Balaban J connectivity index is 2.47. The lowest BCUT2D eigenvalue weighted by Gasteiger charge is -2.26. The second-order valence-electron chi connectivity index (χ2n) is 5.17. The van der Waals surface area contributed by atoms with E-state index in [4.69, 9.17) is 5.11 Å². The molecule has 1 aliphatic rings. The van der Waals surface area contributed by atoms with Crippen LogP contribution in [-0.2, 0) is 4.79 Å². The number of rotatable bonds is 4. The van der Waals surface area contributed by atoms with E-state index in [1.165, 1.54) is 0 Å². The van der Waals surface area contributed by atoms with Gasteiger partial charge in [0.1, 0.15) is 6.61 Å². The van der Waals surface area contributed by atoms with E-state index in [-0.39, 0.29) is 17.2 Å². The zero-order valence-electron chi connectivity index (χ0n) is 9.72. The molecule has 0 spiro atoms. The van der Waals surface area contributed by atoms with Crippen molar-refractivity contribution in [3.63, 3.8) is 0 Å². The van der Waals surface area contributed by atoms with Crippen molar-refractivity contribution in [2.75, 3.05) is 13.2 Å².